The lowest BCUT2D eigenvalue weighted by molar-refractivity contribution is 0.0848. The Morgan fingerprint density at radius 2 is 2.43 bits per heavy atom. The van der Waals surface area contributed by atoms with Crippen LogP contribution in [0.4, 0.5) is 5.69 Å². The number of Topliss-reactive ketones (excluding diaryl/α,β-unsaturated/α-hetero) is 1. The van der Waals surface area contributed by atoms with Crippen molar-refractivity contribution in [1.29, 1.82) is 0 Å². The monoisotopic (exact) mass is 191 g/mol. The Kier molecular flexibility index (Phi) is 2.50. The van der Waals surface area contributed by atoms with Crippen LogP contribution in [0.25, 0.3) is 0 Å². The van der Waals surface area contributed by atoms with Crippen molar-refractivity contribution in [3.63, 3.8) is 0 Å². The fourth-order valence-corrected chi connectivity index (χ4v) is 1.69. The largest absolute Gasteiger partial charge is 0.384 e. The van der Waals surface area contributed by atoms with Crippen LogP contribution in [0.15, 0.2) is 18.2 Å². The zero-order valence-corrected chi connectivity index (χ0v) is 8.17. The highest BCUT2D eigenvalue weighted by Crippen LogP contribution is 2.23. The molecular weight excluding hydrogens is 178 g/mol. The Morgan fingerprint density at radius 3 is 3.21 bits per heavy atom. The predicted molar refractivity (Wildman–Crippen MR) is 54.8 cm³/mol. The molecule has 1 aliphatic rings. The SMILES string of the molecule is COCC(=O)c1ccc2c(c1)CCN2. The van der Waals surface area contributed by atoms with E-state index in [1.807, 2.05) is 18.2 Å². The number of rotatable bonds is 3. The Balaban J connectivity index is 2.24. The van der Waals surface area contributed by atoms with E-state index in [9.17, 15) is 4.79 Å². The van der Waals surface area contributed by atoms with E-state index >= 15 is 0 Å². The lowest BCUT2D eigenvalue weighted by Gasteiger charge is -2.03. The minimum Gasteiger partial charge on any atom is -0.384 e. The molecule has 0 aliphatic carbocycles. The number of hydrogen-bond acceptors (Lipinski definition) is 3. The zero-order chi connectivity index (χ0) is 9.97. The van der Waals surface area contributed by atoms with Crippen LogP contribution in [0.5, 0.6) is 0 Å². The molecule has 1 heterocycles. The van der Waals surface area contributed by atoms with Gasteiger partial charge in [0.05, 0.1) is 0 Å². The van der Waals surface area contributed by atoms with Crippen LogP contribution in [0.3, 0.4) is 0 Å². The molecule has 0 amide bonds. The summed E-state index contributed by atoms with van der Waals surface area (Å²) < 4.78 is 4.81. The first-order chi connectivity index (χ1) is 6.81. The molecule has 0 aromatic heterocycles. The molecule has 0 unspecified atom stereocenters. The van der Waals surface area contributed by atoms with Gasteiger partial charge in [0.25, 0.3) is 0 Å². The summed E-state index contributed by atoms with van der Waals surface area (Å²) in [4.78, 5) is 11.5. The third kappa shape index (κ3) is 1.63. The van der Waals surface area contributed by atoms with E-state index in [-0.39, 0.29) is 12.4 Å². The Hall–Kier alpha value is -1.35. The smallest absolute Gasteiger partial charge is 0.188 e. The van der Waals surface area contributed by atoms with E-state index < -0.39 is 0 Å². The normalized spacial score (nSPS) is 13.5. The summed E-state index contributed by atoms with van der Waals surface area (Å²) in [5.41, 5.74) is 3.13. The van der Waals surface area contributed by atoms with Gasteiger partial charge in [-0.15, -0.1) is 0 Å². The second-order valence-corrected chi connectivity index (χ2v) is 3.40. The molecule has 1 N–H and O–H groups in total. The number of nitrogens with one attached hydrogen (secondary N) is 1. The van der Waals surface area contributed by atoms with Crippen molar-refractivity contribution < 1.29 is 9.53 Å². The van der Waals surface area contributed by atoms with Crippen LogP contribution in [0, 0.1) is 0 Å². The summed E-state index contributed by atoms with van der Waals surface area (Å²) in [7, 11) is 1.53. The van der Waals surface area contributed by atoms with Crippen molar-refractivity contribution in [2.45, 2.75) is 6.42 Å². The minimum absolute atomic E-state index is 0.0437. The number of benzene rings is 1. The second-order valence-electron chi connectivity index (χ2n) is 3.40. The number of carbonyl (C=O) groups is 1. The van der Waals surface area contributed by atoms with Gasteiger partial charge in [0.2, 0.25) is 0 Å². The molecule has 0 fully saturated rings. The molecule has 2 rings (SSSR count). The Morgan fingerprint density at radius 1 is 1.57 bits per heavy atom. The van der Waals surface area contributed by atoms with Gasteiger partial charge in [-0.2, -0.15) is 0 Å². The molecular formula is C11H13NO2. The average molecular weight is 191 g/mol. The van der Waals surface area contributed by atoms with Crippen LogP contribution < -0.4 is 5.32 Å². The summed E-state index contributed by atoms with van der Waals surface area (Å²) in [5, 5.41) is 3.26. The molecule has 3 heteroatoms. The predicted octanol–water partition coefficient (Wildman–Crippen LogP) is 1.48. The highest BCUT2D eigenvalue weighted by atomic mass is 16.5. The van der Waals surface area contributed by atoms with E-state index in [1.54, 1.807) is 0 Å². The Labute approximate surface area is 83.1 Å². The number of hydrogen-bond donors (Lipinski definition) is 1. The van der Waals surface area contributed by atoms with Gasteiger partial charge < -0.3 is 10.1 Å². The third-order valence-corrected chi connectivity index (χ3v) is 2.41. The highest BCUT2D eigenvalue weighted by Gasteiger charge is 2.12. The number of carbonyl (C=O) groups excluding carboxylic acids is 1. The van der Waals surface area contributed by atoms with Gasteiger partial charge in [-0.25, -0.2) is 0 Å². The number of anilines is 1. The maximum Gasteiger partial charge on any atom is 0.188 e. The molecule has 0 bridgehead atoms. The average Bonchev–Trinajstić information content (AvgIpc) is 2.64. The first-order valence-corrected chi connectivity index (χ1v) is 4.70. The molecule has 0 saturated carbocycles. The van der Waals surface area contributed by atoms with Gasteiger partial charge in [-0.1, -0.05) is 0 Å². The van der Waals surface area contributed by atoms with E-state index in [0.29, 0.717) is 0 Å². The number of fused-ring (bicyclic) bond motifs is 1. The van der Waals surface area contributed by atoms with Crippen molar-refractivity contribution >= 4 is 11.5 Å². The van der Waals surface area contributed by atoms with E-state index in [4.69, 9.17) is 4.74 Å². The van der Waals surface area contributed by atoms with Crippen LogP contribution >= 0.6 is 0 Å². The van der Waals surface area contributed by atoms with E-state index in [1.165, 1.54) is 12.7 Å². The fraction of sp³-hybridized carbons (Fsp3) is 0.364. The van der Waals surface area contributed by atoms with Crippen LogP contribution in [-0.4, -0.2) is 26.0 Å². The summed E-state index contributed by atoms with van der Waals surface area (Å²) in [6.45, 7) is 1.13. The topological polar surface area (TPSA) is 38.3 Å². The van der Waals surface area contributed by atoms with Crippen molar-refractivity contribution in [3.8, 4) is 0 Å². The lowest BCUT2D eigenvalue weighted by Crippen LogP contribution is -2.07. The van der Waals surface area contributed by atoms with Crippen LogP contribution in [0.1, 0.15) is 15.9 Å². The molecule has 14 heavy (non-hydrogen) atoms. The Bertz CT molecular complexity index is 360. The van der Waals surface area contributed by atoms with Crippen molar-refractivity contribution in [2.75, 3.05) is 25.6 Å². The van der Waals surface area contributed by atoms with Crippen LogP contribution in [-0.2, 0) is 11.2 Å². The van der Waals surface area contributed by atoms with Crippen LogP contribution in [0.2, 0.25) is 0 Å². The molecule has 74 valence electrons. The standard InChI is InChI=1S/C11H13NO2/c1-14-7-11(13)9-2-3-10-8(6-9)4-5-12-10/h2-3,6,12H,4-5,7H2,1H3. The summed E-state index contributed by atoms with van der Waals surface area (Å²) in [5.74, 6) is 0.0437. The van der Waals surface area contributed by atoms with Crippen molar-refractivity contribution in [1.82, 2.24) is 0 Å². The van der Waals surface area contributed by atoms with Gasteiger partial charge in [0.1, 0.15) is 6.61 Å². The molecule has 0 radical (unpaired) electrons. The minimum atomic E-state index is 0.0437. The first kappa shape index (κ1) is 9.21. The number of methoxy groups -OCH3 is 1. The van der Waals surface area contributed by atoms with Gasteiger partial charge in [-0.3, -0.25) is 4.79 Å². The first-order valence-electron chi connectivity index (χ1n) is 4.70. The van der Waals surface area contributed by atoms with Crippen molar-refractivity contribution in [2.24, 2.45) is 0 Å². The summed E-state index contributed by atoms with van der Waals surface area (Å²) in [6.07, 6.45) is 1.00. The maximum absolute atomic E-state index is 11.5. The van der Waals surface area contributed by atoms with Gasteiger partial charge in [0, 0.05) is 24.9 Å². The summed E-state index contributed by atoms with van der Waals surface area (Å²) >= 11 is 0. The lowest BCUT2D eigenvalue weighted by atomic mass is 10.1. The van der Waals surface area contributed by atoms with E-state index in [2.05, 4.69) is 5.32 Å². The fourth-order valence-electron chi connectivity index (χ4n) is 1.69. The number of ketones is 1. The second kappa shape index (κ2) is 3.80. The number of ether oxygens (including phenoxy) is 1. The molecule has 0 saturated heterocycles. The highest BCUT2D eigenvalue weighted by molar-refractivity contribution is 5.97. The zero-order valence-electron chi connectivity index (χ0n) is 8.17. The molecule has 1 aliphatic heterocycles. The van der Waals surface area contributed by atoms with Gasteiger partial charge in [0.15, 0.2) is 5.78 Å². The van der Waals surface area contributed by atoms with E-state index in [0.717, 1.165) is 24.2 Å². The third-order valence-electron chi connectivity index (χ3n) is 2.41. The van der Waals surface area contributed by atoms with Gasteiger partial charge >= 0.3 is 0 Å². The maximum atomic E-state index is 11.5. The van der Waals surface area contributed by atoms with Crippen molar-refractivity contribution in [3.05, 3.63) is 29.3 Å². The molecule has 1 aromatic carbocycles. The molecule has 0 spiro atoms. The quantitative estimate of drug-likeness (QED) is 0.735. The summed E-state index contributed by atoms with van der Waals surface area (Å²) in [6, 6.07) is 5.76. The molecule has 0 atom stereocenters. The molecule has 3 nitrogen and oxygen atoms in total. The van der Waals surface area contributed by atoms with Gasteiger partial charge in [-0.05, 0) is 30.2 Å². The molecule has 1 aromatic rings.